The van der Waals surface area contributed by atoms with Gasteiger partial charge in [0.25, 0.3) is 5.56 Å². The number of nitrogens with one attached hydrogen (secondary N) is 1. The minimum absolute atomic E-state index is 0.0383. The molecule has 1 aromatic carbocycles. The highest BCUT2D eigenvalue weighted by atomic mass is 32.2. The third-order valence-electron chi connectivity index (χ3n) is 4.27. The molecule has 0 amide bonds. The number of rotatable bonds is 2. The molecule has 1 atom stereocenters. The second-order valence-electron chi connectivity index (χ2n) is 5.97. The largest absolute Gasteiger partial charge is 0.309 e. The van der Waals surface area contributed by atoms with E-state index in [9.17, 15) is 4.79 Å². The Balaban J connectivity index is 1.64. The van der Waals surface area contributed by atoms with Gasteiger partial charge in [-0.2, -0.15) is 0 Å². The summed E-state index contributed by atoms with van der Waals surface area (Å²) in [7, 11) is 0. The van der Waals surface area contributed by atoms with Gasteiger partial charge in [0.2, 0.25) is 0 Å². The summed E-state index contributed by atoms with van der Waals surface area (Å²) in [6.45, 7) is 6.07. The molecule has 0 saturated heterocycles. The summed E-state index contributed by atoms with van der Waals surface area (Å²) in [5.41, 5.74) is 3.29. The van der Waals surface area contributed by atoms with Crippen molar-refractivity contribution in [2.45, 2.75) is 31.8 Å². The van der Waals surface area contributed by atoms with E-state index in [1.165, 1.54) is 5.56 Å². The molecule has 1 aliphatic rings. The lowest BCUT2D eigenvalue weighted by Crippen LogP contribution is -2.13. The lowest BCUT2D eigenvalue weighted by Gasteiger charge is -2.17. The van der Waals surface area contributed by atoms with Gasteiger partial charge in [-0.15, -0.1) is 11.3 Å². The topological polar surface area (TPSA) is 58.1 Å². The van der Waals surface area contributed by atoms with Gasteiger partial charge in [0.05, 0.1) is 16.3 Å². The van der Waals surface area contributed by atoms with Crippen molar-refractivity contribution in [2.24, 2.45) is 4.99 Å². The van der Waals surface area contributed by atoms with Crippen molar-refractivity contribution < 1.29 is 0 Å². The molecule has 4 nitrogen and oxygen atoms in total. The zero-order chi connectivity index (χ0) is 17.6. The SMILES string of the molecule is Cc1sc2nc(C(C)SC3=Nc4ccccc4CS3)[nH]c(=O)c2c1C. The number of hydrogen-bond donors (Lipinski definition) is 1. The first-order valence-electron chi connectivity index (χ1n) is 7.99. The predicted octanol–water partition coefficient (Wildman–Crippen LogP) is 5.33. The number of thiophene rings is 1. The summed E-state index contributed by atoms with van der Waals surface area (Å²) >= 11 is 4.97. The molecule has 0 saturated carbocycles. The average molecular weight is 388 g/mol. The van der Waals surface area contributed by atoms with Crippen LogP contribution in [0.2, 0.25) is 0 Å². The van der Waals surface area contributed by atoms with Crippen LogP contribution >= 0.6 is 34.9 Å². The van der Waals surface area contributed by atoms with E-state index in [0.717, 1.165) is 36.5 Å². The fourth-order valence-electron chi connectivity index (χ4n) is 2.74. The summed E-state index contributed by atoms with van der Waals surface area (Å²) in [5, 5.41) is 0.762. The minimum atomic E-state index is -0.0436. The molecule has 0 fully saturated rings. The number of nitrogens with zero attached hydrogens (tertiary/aromatic N) is 2. The van der Waals surface area contributed by atoms with Crippen LogP contribution in [0.25, 0.3) is 10.2 Å². The molecular weight excluding hydrogens is 370 g/mol. The maximum Gasteiger partial charge on any atom is 0.259 e. The Bertz CT molecular complexity index is 1050. The maximum atomic E-state index is 12.5. The molecule has 7 heteroatoms. The Labute approximate surface area is 158 Å². The molecule has 3 heterocycles. The van der Waals surface area contributed by atoms with Gasteiger partial charge in [-0.25, -0.2) is 9.98 Å². The first kappa shape index (κ1) is 16.9. The number of benzene rings is 1. The first-order valence-corrected chi connectivity index (χ1v) is 10.7. The van der Waals surface area contributed by atoms with Gasteiger partial charge in [-0.05, 0) is 38.0 Å². The van der Waals surface area contributed by atoms with Crippen molar-refractivity contribution in [1.29, 1.82) is 0 Å². The Kier molecular flexibility index (Phi) is 4.47. The lowest BCUT2D eigenvalue weighted by atomic mass is 10.2. The van der Waals surface area contributed by atoms with Gasteiger partial charge in [0, 0.05) is 10.6 Å². The fraction of sp³-hybridized carbons (Fsp3) is 0.278. The molecule has 128 valence electrons. The van der Waals surface area contributed by atoms with Crippen LogP contribution in [0.15, 0.2) is 34.1 Å². The zero-order valence-electron chi connectivity index (χ0n) is 14.1. The van der Waals surface area contributed by atoms with E-state index in [4.69, 9.17) is 9.98 Å². The van der Waals surface area contributed by atoms with E-state index < -0.39 is 0 Å². The van der Waals surface area contributed by atoms with Crippen molar-refractivity contribution in [3.05, 3.63) is 56.4 Å². The van der Waals surface area contributed by atoms with Gasteiger partial charge < -0.3 is 4.98 Å². The maximum absolute atomic E-state index is 12.5. The van der Waals surface area contributed by atoms with E-state index in [0.29, 0.717) is 5.82 Å². The van der Waals surface area contributed by atoms with Crippen molar-refractivity contribution in [3.8, 4) is 0 Å². The highest BCUT2D eigenvalue weighted by Crippen LogP contribution is 2.39. The number of aliphatic imine (C=N–C) groups is 1. The van der Waals surface area contributed by atoms with Crippen LogP contribution in [0.4, 0.5) is 5.69 Å². The molecule has 25 heavy (non-hydrogen) atoms. The van der Waals surface area contributed by atoms with Crippen molar-refractivity contribution in [3.63, 3.8) is 0 Å². The summed E-state index contributed by atoms with van der Waals surface area (Å²) in [4.78, 5) is 26.8. The van der Waals surface area contributed by atoms with Crippen LogP contribution < -0.4 is 5.56 Å². The Hall–Kier alpha value is -1.57. The fourth-order valence-corrected chi connectivity index (χ4v) is 6.03. The average Bonchev–Trinajstić information content (AvgIpc) is 2.89. The van der Waals surface area contributed by atoms with E-state index in [2.05, 4.69) is 18.0 Å². The van der Waals surface area contributed by atoms with Crippen LogP contribution in [-0.2, 0) is 5.75 Å². The molecular formula is C18H17N3OS3. The van der Waals surface area contributed by atoms with Crippen LogP contribution in [0.5, 0.6) is 0 Å². The molecule has 4 rings (SSSR count). The van der Waals surface area contributed by atoms with Crippen molar-refractivity contribution in [1.82, 2.24) is 9.97 Å². The van der Waals surface area contributed by atoms with Gasteiger partial charge in [-0.1, -0.05) is 41.7 Å². The lowest BCUT2D eigenvalue weighted by molar-refractivity contribution is 0.930. The number of aromatic amines is 1. The van der Waals surface area contributed by atoms with Gasteiger partial charge in [0.15, 0.2) is 0 Å². The minimum Gasteiger partial charge on any atom is -0.309 e. The highest BCUT2D eigenvalue weighted by Gasteiger charge is 2.20. The number of para-hydroxylation sites is 1. The van der Waals surface area contributed by atoms with E-state index in [1.54, 1.807) is 34.9 Å². The number of aryl methyl sites for hydroxylation is 2. The number of H-pyrrole nitrogens is 1. The second kappa shape index (κ2) is 6.63. The molecule has 3 aromatic rings. The molecule has 0 bridgehead atoms. The standard InChI is InChI=1S/C18H17N3OS3/c1-9-10(2)24-17-14(9)16(22)20-15(21-17)11(3)25-18-19-13-7-5-4-6-12(13)8-23-18/h4-7,11H,8H2,1-3H3,(H,20,21,22). The smallest absolute Gasteiger partial charge is 0.259 e. The summed E-state index contributed by atoms with van der Waals surface area (Å²) in [6.07, 6.45) is 0. The molecule has 0 radical (unpaired) electrons. The van der Waals surface area contributed by atoms with Gasteiger partial charge >= 0.3 is 0 Å². The van der Waals surface area contributed by atoms with Crippen LogP contribution in [-0.4, -0.2) is 14.3 Å². The zero-order valence-corrected chi connectivity index (χ0v) is 16.6. The molecule has 0 spiro atoms. The highest BCUT2D eigenvalue weighted by molar-refractivity contribution is 8.38. The van der Waals surface area contributed by atoms with Crippen molar-refractivity contribution in [2.75, 3.05) is 0 Å². The normalized spacial score (nSPS) is 15.1. The van der Waals surface area contributed by atoms with E-state index in [-0.39, 0.29) is 10.8 Å². The van der Waals surface area contributed by atoms with E-state index >= 15 is 0 Å². The Morgan fingerprint density at radius 1 is 1.28 bits per heavy atom. The summed E-state index contributed by atoms with van der Waals surface area (Å²) < 4.78 is 1.02. The monoisotopic (exact) mass is 387 g/mol. The molecule has 1 unspecified atom stereocenters. The number of fused-ring (bicyclic) bond motifs is 2. The number of thioether (sulfide) groups is 2. The molecule has 1 N–H and O–H groups in total. The Morgan fingerprint density at radius 3 is 2.92 bits per heavy atom. The van der Waals surface area contributed by atoms with Gasteiger partial charge in [-0.3, -0.25) is 4.79 Å². The number of aromatic nitrogens is 2. The Morgan fingerprint density at radius 2 is 2.08 bits per heavy atom. The van der Waals surface area contributed by atoms with Crippen molar-refractivity contribution >= 4 is 55.1 Å². The van der Waals surface area contributed by atoms with Crippen LogP contribution in [0, 0.1) is 13.8 Å². The summed E-state index contributed by atoms with van der Waals surface area (Å²) in [6, 6.07) is 8.22. The quantitative estimate of drug-likeness (QED) is 0.646. The molecule has 1 aliphatic heterocycles. The number of hydrogen-bond acceptors (Lipinski definition) is 6. The third-order valence-corrected chi connectivity index (χ3v) is 7.68. The van der Waals surface area contributed by atoms with Gasteiger partial charge in [0.1, 0.15) is 15.0 Å². The summed E-state index contributed by atoms with van der Waals surface area (Å²) in [5.74, 6) is 1.65. The molecule has 2 aromatic heterocycles. The molecule has 0 aliphatic carbocycles. The first-order chi connectivity index (χ1) is 12.0. The second-order valence-corrected chi connectivity index (χ2v) is 9.72. The third kappa shape index (κ3) is 3.16. The predicted molar refractivity (Wildman–Crippen MR) is 111 cm³/mol. The van der Waals surface area contributed by atoms with E-state index in [1.807, 2.05) is 32.0 Å². The van der Waals surface area contributed by atoms with Crippen LogP contribution in [0.1, 0.15) is 34.0 Å². The van der Waals surface area contributed by atoms with Crippen LogP contribution in [0.3, 0.4) is 0 Å².